The normalized spacial score (nSPS) is 11.6. The molecule has 25 heavy (non-hydrogen) atoms. The fourth-order valence-electron chi connectivity index (χ4n) is 2.87. The van der Waals surface area contributed by atoms with Gasteiger partial charge in [-0.05, 0) is 12.1 Å². The quantitative estimate of drug-likeness (QED) is 0.510. The fourth-order valence-corrected chi connectivity index (χ4v) is 2.87. The number of hydrogen-bond donors (Lipinski definition) is 0. The van der Waals surface area contributed by atoms with Crippen LogP contribution < -0.4 is 5.68 Å². The third kappa shape index (κ3) is 3.04. The molecule has 0 aliphatic rings. The summed E-state index contributed by atoms with van der Waals surface area (Å²) in [4.78, 5) is 4.67. The van der Waals surface area contributed by atoms with Gasteiger partial charge in [-0.3, -0.25) is 4.57 Å². The standard InChI is InChI=1S/C22H18N2O/c1-24-20(17-11-5-2-6-12-17)21(18-13-7-3-8-14-18)25-22(24)23-19-15-9-4-10-16-19/h2-16H,1H3. The minimum Gasteiger partial charge on any atom is -0.423 e. The van der Waals surface area contributed by atoms with E-state index in [-0.39, 0.29) is 0 Å². The predicted octanol–water partition coefficient (Wildman–Crippen LogP) is 5.18. The Balaban J connectivity index is 1.97. The van der Waals surface area contributed by atoms with Crippen molar-refractivity contribution in [1.29, 1.82) is 0 Å². The van der Waals surface area contributed by atoms with Crippen LogP contribution in [-0.2, 0) is 7.05 Å². The van der Waals surface area contributed by atoms with Gasteiger partial charge in [-0.15, -0.1) is 0 Å². The maximum atomic E-state index is 6.19. The minimum absolute atomic E-state index is 0.573. The van der Waals surface area contributed by atoms with E-state index < -0.39 is 0 Å². The maximum Gasteiger partial charge on any atom is 0.302 e. The topological polar surface area (TPSA) is 30.4 Å². The summed E-state index contributed by atoms with van der Waals surface area (Å²) in [6, 6.07) is 30.2. The van der Waals surface area contributed by atoms with Crippen molar-refractivity contribution in [2.45, 2.75) is 0 Å². The molecule has 3 heteroatoms. The number of benzene rings is 3. The summed E-state index contributed by atoms with van der Waals surface area (Å²) in [5, 5.41) is 0. The van der Waals surface area contributed by atoms with E-state index in [4.69, 9.17) is 4.42 Å². The van der Waals surface area contributed by atoms with Crippen molar-refractivity contribution in [3.05, 3.63) is 96.7 Å². The van der Waals surface area contributed by atoms with E-state index in [2.05, 4.69) is 29.3 Å². The van der Waals surface area contributed by atoms with Crippen LogP contribution in [0.1, 0.15) is 0 Å². The second-order valence-corrected chi connectivity index (χ2v) is 5.80. The van der Waals surface area contributed by atoms with Crippen molar-refractivity contribution in [2.75, 3.05) is 0 Å². The first kappa shape index (κ1) is 15.2. The van der Waals surface area contributed by atoms with E-state index in [0.717, 1.165) is 28.3 Å². The minimum atomic E-state index is 0.573. The van der Waals surface area contributed by atoms with Crippen molar-refractivity contribution < 1.29 is 4.42 Å². The van der Waals surface area contributed by atoms with Crippen LogP contribution in [-0.4, -0.2) is 4.57 Å². The number of para-hydroxylation sites is 1. The van der Waals surface area contributed by atoms with Gasteiger partial charge in [0.2, 0.25) is 0 Å². The molecule has 122 valence electrons. The zero-order valence-electron chi connectivity index (χ0n) is 14.0. The molecule has 0 aliphatic heterocycles. The molecule has 0 atom stereocenters. The molecule has 1 heterocycles. The Labute approximate surface area is 146 Å². The molecule has 0 aliphatic carbocycles. The summed E-state index contributed by atoms with van der Waals surface area (Å²) >= 11 is 0. The van der Waals surface area contributed by atoms with Gasteiger partial charge >= 0.3 is 5.68 Å². The number of oxazole rings is 1. The molecule has 3 nitrogen and oxygen atoms in total. The molecule has 4 rings (SSSR count). The molecule has 0 fully saturated rings. The maximum absolute atomic E-state index is 6.19. The lowest BCUT2D eigenvalue weighted by Gasteiger charge is -2.04. The van der Waals surface area contributed by atoms with Crippen LogP contribution >= 0.6 is 0 Å². The van der Waals surface area contributed by atoms with Crippen LogP contribution in [0.3, 0.4) is 0 Å². The Morgan fingerprint density at radius 3 is 1.80 bits per heavy atom. The van der Waals surface area contributed by atoms with Crippen LogP contribution in [0.15, 0.2) is 100 Å². The first-order chi connectivity index (χ1) is 12.3. The number of aromatic nitrogens is 1. The Hall–Kier alpha value is -3.33. The summed E-state index contributed by atoms with van der Waals surface area (Å²) in [5.41, 5.74) is 4.59. The van der Waals surface area contributed by atoms with Gasteiger partial charge in [0.25, 0.3) is 0 Å². The monoisotopic (exact) mass is 326 g/mol. The van der Waals surface area contributed by atoms with Crippen molar-refractivity contribution in [3.63, 3.8) is 0 Å². The first-order valence-electron chi connectivity index (χ1n) is 8.23. The summed E-state index contributed by atoms with van der Waals surface area (Å²) in [5.74, 6) is 0.823. The van der Waals surface area contributed by atoms with Crippen LogP contribution in [0.5, 0.6) is 0 Å². The van der Waals surface area contributed by atoms with E-state index >= 15 is 0 Å². The second-order valence-electron chi connectivity index (χ2n) is 5.80. The zero-order chi connectivity index (χ0) is 17.1. The second kappa shape index (κ2) is 6.65. The lowest BCUT2D eigenvalue weighted by molar-refractivity contribution is 0.488. The molecule has 0 radical (unpaired) electrons. The summed E-state index contributed by atoms with van der Waals surface area (Å²) in [6.45, 7) is 0. The average Bonchev–Trinajstić information content (AvgIpc) is 3.00. The van der Waals surface area contributed by atoms with Crippen LogP contribution in [0.25, 0.3) is 22.6 Å². The Morgan fingerprint density at radius 2 is 1.20 bits per heavy atom. The van der Waals surface area contributed by atoms with Gasteiger partial charge < -0.3 is 4.42 Å². The molecule has 0 saturated carbocycles. The third-order valence-corrected chi connectivity index (χ3v) is 4.09. The Bertz CT molecular complexity index is 1030. The van der Waals surface area contributed by atoms with E-state index in [1.807, 2.05) is 78.3 Å². The largest absolute Gasteiger partial charge is 0.423 e. The van der Waals surface area contributed by atoms with E-state index in [0.29, 0.717) is 5.68 Å². The lowest BCUT2D eigenvalue weighted by Crippen LogP contribution is -2.12. The van der Waals surface area contributed by atoms with Crippen molar-refractivity contribution >= 4 is 5.69 Å². The highest BCUT2D eigenvalue weighted by molar-refractivity contribution is 5.76. The van der Waals surface area contributed by atoms with Crippen LogP contribution in [0, 0.1) is 0 Å². The van der Waals surface area contributed by atoms with Gasteiger partial charge in [0, 0.05) is 18.2 Å². The van der Waals surface area contributed by atoms with Crippen LogP contribution in [0.2, 0.25) is 0 Å². The SMILES string of the molecule is Cn1c(-c2ccccc2)c(-c2ccccc2)oc1=Nc1ccccc1. The van der Waals surface area contributed by atoms with Gasteiger partial charge in [-0.1, -0.05) is 78.9 Å². The van der Waals surface area contributed by atoms with Gasteiger partial charge in [-0.2, -0.15) is 4.99 Å². The van der Waals surface area contributed by atoms with Gasteiger partial charge in [0.15, 0.2) is 5.76 Å². The molecule has 0 N–H and O–H groups in total. The first-order valence-corrected chi connectivity index (χ1v) is 8.23. The predicted molar refractivity (Wildman–Crippen MR) is 100 cm³/mol. The molecular formula is C22H18N2O. The molecular weight excluding hydrogens is 308 g/mol. The van der Waals surface area contributed by atoms with Crippen LogP contribution in [0.4, 0.5) is 5.69 Å². The highest BCUT2D eigenvalue weighted by Crippen LogP contribution is 2.31. The van der Waals surface area contributed by atoms with E-state index in [1.54, 1.807) is 0 Å². The lowest BCUT2D eigenvalue weighted by atomic mass is 10.1. The number of hydrogen-bond acceptors (Lipinski definition) is 2. The average molecular weight is 326 g/mol. The van der Waals surface area contributed by atoms with Gasteiger partial charge in [0.1, 0.15) is 0 Å². The van der Waals surface area contributed by atoms with Gasteiger partial charge in [-0.25, -0.2) is 0 Å². The summed E-state index contributed by atoms with van der Waals surface area (Å²) in [6.07, 6.45) is 0. The Morgan fingerprint density at radius 1 is 0.680 bits per heavy atom. The zero-order valence-corrected chi connectivity index (χ0v) is 14.0. The van der Waals surface area contributed by atoms with Crippen molar-refractivity contribution in [1.82, 2.24) is 4.57 Å². The number of nitrogens with zero attached hydrogens (tertiary/aromatic N) is 2. The van der Waals surface area contributed by atoms with Crippen molar-refractivity contribution in [2.24, 2.45) is 12.0 Å². The fraction of sp³-hybridized carbons (Fsp3) is 0.0455. The van der Waals surface area contributed by atoms with E-state index in [9.17, 15) is 0 Å². The molecule has 1 aromatic heterocycles. The van der Waals surface area contributed by atoms with Gasteiger partial charge in [0.05, 0.1) is 11.4 Å². The highest BCUT2D eigenvalue weighted by Gasteiger charge is 2.16. The van der Waals surface area contributed by atoms with E-state index in [1.165, 1.54) is 0 Å². The smallest absolute Gasteiger partial charge is 0.302 e. The molecule has 3 aromatic carbocycles. The summed E-state index contributed by atoms with van der Waals surface area (Å²) in [7, 11) is 1.99. The molecule has 4 aromatic rings. The molecule has 0 spiro atoms. The molecule has 0 unspecified atom stereocenters. The summed E-state index contributed by atoms with van der Waals surface area (Å²) < 4.78 is 8.19. The number of rotatable bonds is 3. The third-order valence-electron chi connectivity index (χ3n) is 4.09. The molecule has 0 bridgehead atoms. The molecule has 0 saturated heterocycles. The Kier molecular flexibility index (Phi) is 4.05. The van der Waals surface area contributed by atoms with Crippen molar-refractivity contribution in [3.8, 4) is 22.6 Å². The molecule has 0 amide bonds. The highest BCUT2D eigenvalue weighted by atomic mass is 16.4.